The summed E-state index contributed by atoms with van der Waals surface area (Å²) in [7, 11) is 0. The third-order valence-electron chi connectivity index (χ3n) is 5.76. The molecular formula is C27H25N3O4S. The maximum absolute atomic E-state index is 13.5. The molecule has 1 N–H and O–H groups in total. The fourth-order valence-electron chi connectivity index (χ4n) is 4.09. The van der Waals surface area contributed by atoms with Gasteiger partial charge >= 0.3 is 0 Å². The number of aromatic nitrogens is 2. The Kier molecular flexibility index (Phi) is 6.21. The second-order valence-electron chi connectivity index (χ2n) is 8.56. The second kappa shape index (κ2) is 9.46. The van der Waals surface area contributed by atoms with Gasteiger partial charge in [0.25, 0.3) is 5.56 Å². The summed E-state index contributed by atoms with van der Waals surface area (Å²) in [5, 5.41) is 3.50. The van der Waals surface area contributed by atoms with Crippen LogP contribution in [0.4, 0.5) is 0 Å². The van der Waals surface area contributed by atoms with E-state index in [1.165, 1.54) is 11.8 Å². The second-order valence-corrected chi connectivity index (χ2v) is 9.87. The van der Waals surface area contributed by atoms with Crippen LogP contribution in [0.15, 0.2) is 70.6 Å². The van der Waals surface area contributed by atoms with E-state index in [0.29, 0.717) is 34.1 Å². The van der Waals surface area contributed by atoms with Crippen molar-refractivity contribution in [1.29, 1.82) is 0 Å². The molecule has 1 aliphatic heterocycles. The fraction of sp³-hybridized carbons (Fsp3) is 0.222. The molecule has 2 heterocycles. The number of para-hydroxylation sites is 1. The van der Waals surface area contributed by atoms with Crippen molar-refractivity contribution in [3.05, 3.63) is 87.7 Å². The number of amides is 1. The summed E-state index contributed by atoms with van der Waals surface area (Å²) in [6.45, 7) is 6.37. The van der Waals surface area contributed by atoms with E-state index in [0.717, 1.165) is 22.4 Å². The van der Waals surface area contributed by atoms with Crippen molar-refractivity contribution in [2.24, 2.45) is 0 Å². The van der Waals surface area contributed by atoms with Gasteiger partial charge in [0.1, 0.15) is 0 Å². The minimum atomic E-state index is -0.478. The van der Waals surface area contributed by atoms with E-state index in [9.17, 15) is 9.59 Å². The molecule has 3 aromatic carbocycles. The summed E-state index contributed by atoms with van der Waals surface area (Å²) in [6.07, 6.45) is 0. The number of hydrogen-bond acceptors (Lipinski definition) is 6. The lowest BCUT2D eigenvalue weighted by molar-refractivity contribution is -0.120. The molecule has 0 aliphatic carbocycles. The van der Waals surface area contributed by atoms with E-state index in [1.54, 1.807) is 10.6 Å². The number of fused-ring (bicyclic) bond motifs is 2. The Morgan fingerprint density at radius 3 is 2.60 bits per heavy atom. The normalized spacial score (nSPS) is 13.1. The Balaban J connectivity index is 1.42. The van der Waals surface area contributed by atoms with E-state index in [-0.39, 0.29) is 18.3 Å². The topological polar surface area (TPSA) is 82.5 Å². The van der Waals surface area contributed by atoms with Gasteiger partial charge in [-0.15, -0.1) is 0 Å². The average Bonchev–Trinajstić information content (AvgIpc) is 3.30. The molecule has 7 nitrogen and oxygen atoms in total. The number of nitrogens with one attached hydrogen (secondary N) is 1. The number of nitrogens with zero attached hydrogens (tertiary/aromatic N) is 2. The number of aryl methyl sites for hydroxylation is 2. The van der Waals surface area contributed by atoms with Crippen LogP contribution in [0.25, 0.3) is 16.6 Å². The summed E-state index contributed by atoms with van der Waals surface area (Å²) < 4.78 is 12.4. The molecule has 5 rings (SSSR count). The maximum atomic E-state index is 13.5. The third-order valence-corrected chi connectivity index (χ3v) is 6.82. The maximum Gasteiger partial charge on any atom is 0.266 e. The number of benzene rings is 3. The highest BCUT2D eigenvalue weighted by molar-refractivity contribution is 8.00. The van der Waals surface area contributed by atoms with Crippen LogP contribution in [-0.4, -0.2) is 27.5 Å². The highest BCUT2D eigenvalue weighted by Gasteiger charge is 2.21. The van der Waals surface area contributed by atoms with Gasteiger partial charge in [0.2, 0.25) is 12.7 Å². The van der Waals surface area contributed by atoms with Gasteiger partial charge in [-0.3, -0.25) is 14.2 Å². The molecule has 0 fully saturated rings. The number of ether oxygens (including phenoxy) is 2. The van der Waals surface area contributed by atoms with E-state index in [1.807, 2.05) is 69.3 Å². The predicted octanol–water partition coefficient (Wildman–Crippen LogP) is 4.53. The molecule has 1 amide bonds. The number of hydrogen-bond donors (Lipinski definition) is 1. The molecular weight excluding hydrogens is 462 g/mol. The fourth-order valence-corrected chi connectivity index (χ4v) is 5.05. The minimum Gasteiger partial charge on any atom is -0.454 e. The van der Waals surface area contributed by atoms with Crippen molar-refractivity contribution in [1.82, 2.24) is 14.9 Å². The molecule has 1 aromatic heterocycles. The summed E-state index contributed by atoms with van der Waals surface area (Å²) >= 11 is 1.26. The number of thioether (sulfide) groups is 1. The molecule has 0 bridgehead atoms. The molecule has 4 aromatic rings. The van der Waals surface area contributed by atoms with Gasteiger partial charge < -0.3 is 14.8 Å². The Hall–Kier alpha value is -3.78. The van der Waals surface area contributed by atoms with Crippen LogP contribution in [0.1, 0.15) is 23.6 Å². The lowest BCUT2D eigenvalue weighted by Gasteiger charge is -2.17. The predicted molar refractivity (Wildman–Crippen MR) is 137 cm³/mol. The van der Waals surface area contributed by atoms with Crippen molar-refractivity contribution in [3.8, 4) is 17.2 Å². The summed E-state index contributed by atoms with van der Waals surface area (Å²) in [6, 6.07) is 18.8. The smallest absolute Gasteiger partial charge is 0.266 e. The van der Waals surface area contributed by atoms with E-state index >= 15 is 0 Å². The number of carbonyl (C=O) groups is 1. The Labute approximate surface area is 207 Å². The zero-order valence-electron chi connectivity index (χ0n) is 19.7. The molecule has 1 atom stereocenters. The first-order chi connectivity index (χ1) is 16.9. The molecule has 0 spiro atoms. The summed E-state index contributed by atoms with van der Waals surface area (Å²) in [4.78, 5) is 31.2. The first-order valence-corrected chi connectivity index (χ1v) is 12.2. The van der Waals surface area contributed by atoms with Crippen LogP contribution in [0.3, 0.4) is 0 Å². The van der Waals surface area contributed by atoms with Gasteiger partial charge in [-0.25, -0.2) is 4.98 Å². The molecule has 0 unspecified atom stereocenters. The molecule has 0 radical (unpaired) electrons. The molecule has 35 heavy (non-hydrogen) atoms. The molecule has 0 saturated heterocycles. The van der Waals surface area contributed by atoms with E-state index in [2.05, 4.69) is 11.4 Å². The minimum absolute atomic E-state index is 0.151. The SMILES string of the molecule is Cc1cc(C)cc(-n2c(S[C@@H](C)C(=O)NCc3ccc4c(c3)OCO4)nc3ccccc3c2=O)c1. The highest BCUT2D eigenvalue weighted by Crippen LogP contribution is 2.32. The first kappa shape index (κ1) is 23.0. The van der Waals surface area contributed by atoms with Gasteiger partial charge in [0.05, 0.1) is 21.8 Å². The Morgan fingerprint density at radius 1 is 1.06 bits per heavy atom. The summed E-state index contributed by atoms with van der Waals surface area (Å²) in [5.41, 5.74) is 4.19. The average molecular weight is 488 g/mol. The lowest BCUT2D eigenvalue weighted by atomic mass is 10.1. The molecule has 0 saturated carbocycles. The lowest BCUT2D eigenvalue weighted by Crippen LogP contribution is -2.31. The van der Waals surface area contributed by atoms with Crippen LogP contribution in [0.5, 0.6) is 11.5 Å². The van der Waals surface area contributed by atoms with Crippen LogP contribution in [0, 0.1) is 13.8 Å². The van der Waals surface area contributed by atoms with Crippen LogP contribution in [-0.2, 0) is 11.3 Å². The van der Waals surface area contributed by atoms with Crippen molar-refractivity contribution in [2.75, 3.05) is 6.79 Å². The van der Waals surface area contributed by atoms with Crippen molar-refractivity contribution >= 4 is 28.6 Å². The molecule has 178 valence electrons. The van der Waals surface area contributed by atoms with Crippen molar-refractivity contribution in [2.45, 2.75) is 37.7 Å². The van der Waals surface area contributed by atoms with Gasteiger partial charge in [0.15, 0.2) is 16.7 Å². The Morgan fingerprint density at radius 2 is 1.80 bits per heavy atom. The first-order valence-electron chi connectivity index (χ1n) is 11.3. The monoisotopic (exact) mass is 487 g/mol. The molecule has 1 aliphatic rings. The van der Waals surface area contributed by atoms with Crippen molar-refractivity contribution in [3.63, 3.8) is 0 Å². The largest absolute Gasteiger partial charge is 0.454 e. The third kappa shape index (κ3) is 4.74. The van der Waals surface area contributed by atoms with Crippen LogP contribution >= 0.6 is 11.8 Å². The van der Waals surface area contributed by atoms with Gasteiger partial charge in [-0.2, -0.15) is 0 Å². The van der Waals surface area contributed by atoms with Crippen molar-refractivity contribution < 1.29 is 14.3 Å². The zero-order chi connectivity index (χ0) is 24.5. The highest BCUT2D eigenvalue weighted by atomic mass is 32.2. The van der Waals surface area contributed by atoms with Gasteiger partial charge in [-0.05, 0) is 73.9 Å². The van der Waals surface area contributed by atoms with Gasteiger partial charge in [-0.1, -0.05) is 36.0 Å². The van der Waals surface area contributed by atoms with E-state index < -0.39 is 5.25 Å². The molecule has 8 heteroatoms. The summed E-state index contributed by atoms with van der Waals surface area (Å²) in [5.74, 6) is 1.23. The number of rotatable bonds is 6. The van der Waals surface area contributed by atoms with Crippen LogP contribution < -0.4 is 20.3 Å². The van der Waals surface area contributed by atoms with Crippen LogP contribution in [0.2, 0.25) is 0 Å². The van der Waals surface area contributed by atoms with Gasteiger partial charge in [0, 0.05) is 6.54 Å². The standard InChI is InChI=1S/C27H25N3O4S/c1-16-10-17(2)12-20(11-16)30-26(32)21-6-4-5-7-22(21)29-27(30)35-18(3)25(31)28-14-19-8-9-23-24(13-19)34-15-33-23/h4-13,18H,14-15H2,1-3H3,(H,28,31)/t18-/m0/s1. The Bertz CT molecular complexity index is 1480. The zero-order valence-corrected chi connectivity index (χ0v) is 20.5. The quantitative estimate of drug-likeness (QED) is 0.318. The number of carbonyl (C=O) groups excluding carboxylic acids is 1. The van der Waals surface area contributed by atoms with E-state index in [4.69, 9.17) is 14.5 Å².